The molecule has 0 bridgehead atoms. The lowest BCUT2D eigenvalue weighted by molar-refractivity contribution is 0.238. The number of aliphatic hydroxyl groups excluding tert-OH is 1. The van der Waals surface area contributed by atoms with E-state index in [1.165, 1.54) is 5.69 Å². The fourth-order valence-electron chi connectivity index (χ4n) is 1.90. The Hall–Kier alpha value is -1.22. The standard InChI is InChI=1S/C11H16N2O/c12-10-1-3-11(4-2-10)13-6-5-9(7-13)8-14/h1-4,9,14H,5-8,12H2. The maximum absolute atomic E-state index is 9.03. The summed E-state index contributed by atoms with van der Waals surface area (Å²) in [5.41, 5.74) is 7.62. The number of rotatable bonds is 2. The average Bonchev–Trinajstić information content (AvgIpc) is 2.67. The van der Waals surface area contributed by atoms with Crippen LogP contribution in [0.2, 0.25) is 0 Å². The zero-order valence-corrected chi connectivity index (χ0v) is 8.19. The molecule has 14 heavy (non-hydrogen) atoms. The zero-order chi connectivity index (χ0) is 9.97. The van der Waals surface area contributed by atoms with Gasteiger partial charge in [-0.15, -0.1) is 0 Å². The van der Waals surface area contributed by atoms with E-state index in [0.29, 0.717) is 12.5 Å². The number of aliphatic hydroxyl groups is 1. The predicted octanol–water partition coefficient (Wildman–Crippen LogP) is 1.09. The number of hydrogen-bond acceptors (Lipinski definition) is 3. The Bertz CT molecular complexity index is 297. The third kappa shape index (κ3) is 1.82. The van der Waals surface area contributed by atoms with E-state index in [9.17, 15) is 0 Å². The minimum Gasteiger partial charge on any atom is -0.399 e. The summed E-state index contributed by atoms with van der Waals surface area (Å²) in [5, 5.41) is 9.03. The molecule has 0 aliphatic carbocycles. The van der Waals surface area contributed by atoms with Crippen LogP contribution in [-0.4, -0.2) is 24.8 Å². The van der Waals surface area contributed by atoms with Crippen molar-refractivity contribution in [3.63, 3.8) is 0 Å². The second-order valence-electron chi connectivity index (χ2n) is 3.87. The Labute approximate surface area is 84.1 Å². The summed E-state index contributed by atoms with van der Waals surface area (Å²) in [5.74, 6) is 0.438. The molecule has 0 aromatic heterocycles. The second kappa shape index (κ2) is 3.88. The van der Waals surface area contributed by atoms with Gasteiger partial charge in [-0.3, -0.25) is 0 Å². The van der Waals surface area contributed by atoms with Crippen molar-refractivity contribution in [2.75, 3.05) is 30.3 Å². The van der Waals surface area contributed by atoms with Crippen LogP contribution in [0.3, 0.4) is 0 Å². The molecule has 2 rings (SSSR count). The van der Waals surface area contributed by atoms with Gasteiger partial charge < -0.3 is 15.7 Å². The molecule has 1 aliphatic rings. The first kappa shape index (κ1) is 9.34. The minimum absolute atomic E-state index is 0.297. The summed E-state index contributed by atoms with van der Waals surface area (Å²) in [6.07, 6.45) is 1.08. The number of nitrogens with zero attached hydrogens (tertiary/aromatic N) is 1. The van der Waals surface area contributed by atoms with Crippen molar-refractivity contribution in [3.8, 4) is 0 Å². The monoisotopic (exact) mass is 192 g/mol. The third-order valence-electron chi connectivity index (χ3n) is 2.80. The van der Waals surface area contributed by atoms with Crippen molar-refractivity contribution < 1.29 is 5.11 Å². The molecular formula is C11H16N2O. The van der Waals surface area contributed by atoms with Gasteiger partial charge in [0.05, 0.1) is 0 Å². The number of benzene rings is 1. The second-order valence-corrected chi connectivity index (χ2v) is 3.87. The highest BCUT2D eigenvalue weighted by molar-refractivity contribution is 5.53. The summed E-state index contributed by atoms with van der Waals surface area (Å²) in [7, 11) is 0. The Kier molecular flexibility index (Phi) is 2.59. The van der Waals surface area contributed by atoms with Crippen molar-refractivity contribution in [1.29, 1.82) is 0 Å². The number of nitrogens with two attached hydrogens (primary N) is 1. The SMILES string of the molecule is Nc1ccc(N2CCC(CO)C2)cc1. The van der Waals surface area contributed by atoms with Gasteiger partial charge in [-0.05, 0) is 30.7 Å². The van der Waals surface area contributed by atoms with Gasteiger partial charge in [-0.25, -0.2) is 0 Å². The maximum atomic E-state index is 9.03. The summed E-state index contributed by atoms with van der Waals surface area (Å²) in [4.78, 5) is 2.29. The Morgan fingerprint density at radius 1 is 1.36 bits per heavy atom. The maximum Gasteiger partial charge on any atom is 0.0476 e. The molecule has 1 aliphatic heterocycles. The number of anilines is 2. The minimum atomic E-state index is 0.297. The van der Waals surface area contributed by atoms with Gasteiger partial charge in [0.15, 0.2) is 0 Å². The van der Waals surface area contributed by atoms with E-state index in [1.54, 1.807) is 0 Å². The van der Waals surface area contributed by atoms with E-state index in [2.05, 4.69) is 4.90 Å². The van der Waals surface area contributed by atoms with E-state index >= 15 is 0 Å². The Morgan fingerprint density at radius 2 is 2.07 bits per heavy atom. The van der Waals surface area contributed by atoms with Crippen LogP contribution >= 0.6 is 0 Å². The van der Waals surface area contributed by atoms with E-state index < -0.39 is 0 Å². The lowest BCUT2D eigenvalue weighted by atomic mass is 10.1. The van der Waals surface area contributed by atoms with E-state index in [1.807, 2.05) is 24.3 Å². The largest absolute Gasteiger partial charge is 0.399 e. The van der Waals surface area contributed by atoms with Gasteiger partial charge >= 0.3 is 0 Å². The van der Waals surface area contributed by atoms with Gasteiger partial charge in [0, 0.05) is 37.0 Å². The quantitative estimate of drug-likeness (QED) is 0.689. The first-order valence-electron chi connectivity index (χ1n) is 5.01. The van der Waals surface area contributed by atoms with Crippen LogP contribution in [0, 0.1) is 5.92 Å². The Morgan fingerprint density at radius 3 is 2.64 bits per heavy atom. The molecule has 3 heteroatoms. The summed E-state index contributed by atoms with van der Waals surface area (Å²) in [6.45, 7) is 2.29. The van der Waals surface area contributed by atoms with Crippen LogP contribution in [0.1, 0.15) is 6.42 Å². The van der Waals surface area contributed by atoms with Gasteiger partial charge in [0.25, 0.3) is 0 Å². The fourth-order valence-corrected chi connectivity index (χ4v) is 1.90. The molecule has 0 amide bonds. The highest BCUT2D eigenvalue weighted by Gasteiger charge is 2.21. The molecule has 1 unspecified atom stereocenters. The van der Waals surface area contributed by atoms with Crippen LogP contribution in [0.25, 0.3) is 0 Å². The normalized spacial score (nSPS) is 21.5. The third-order valence-corrected chi connectivity index (χ3v) is 2.80. The van der Waals surface area contributed by atoms with E-state index in [-0.39, 0.29) is 0 Å². The van der Waals surface area contributed by atoms with Crippen LogP contribution in [0.5, 0.6) is 0 Å². The van der Waals surface area contributed by atoms with Gasteiger partial charge in [-0.1, -0.05) is 0 Å². The molecule has 1 fully saturated rings. The van der Waals surface area contributed by atoms with Gasteiger partial charge in [-0.2, -0.15) is 0 Å². The van der Waals surface area contributed by atoms with Crippen LogP contribution in [0.15, 0.2) is 24.3 Å². The van der Waals surface area contributed by atoms with Crippen molar-refractivity contribution in [1.82, 2.24) is 0 Å². The van der Waals surface area contributed by atoms with E-state index in [0.717, 1.165) is 25.2 Å². The van der Waals surface area contributed by atoms with Gasteiger partial charge in [0.2, 0.25) is 0 Å². The highest BCUT2D eigenvalue weighted by atomic mass is 16.3. The fraction of sp³-hybridized carbons (Fsp3) is 0.455. The lowest BCUT2D eigenvalue weighted by Gasteiger charge is -2.18. The summed E-state index contributed by atoms with van der Waals surface area (Å²) < 4.78 is 0. The van der Waals surface area contributed by atoms with Crippen LogP contribution in [-0.2, 0) is 0 Å². The number of nitrogen functional groups attached to an aromatic ring is 1. The molecule has 0 radical (unpaired) electrons. The molecule has 0 spiro atoms. The molecule has 1 atom stereocenters. The first-order chi connectivity index (χ1) is 6.79. The molecule has 1 aromatic carbocycles. The Balaban J connectivity index is 2.06. The molecule has 76 valence electrons. The summed E-state index contributed by atoms with van der Waals surface area (Å²) >= 11 is 0. The summed E-state index contributed by atoms with van der Waals surface area (Å²) in [6, 6.07) is 7.91. The van der Waals surface area contributed by atoms with Crippen LogP contribution < -0.4 is 10.6 Å². The molecular weight excluding hydrogens is 176 g/mol. The average molecular weight is 192 g/mol. The van der Waals surface area contributed by atoms with Gasteiger partial charge in [0.1, 0.15) is 0 Å². The lowest BCUT2D eigenvalue weighted by Crippen LogP contribution is -2.20. The van der Waals surface area contributed by atoms with Crippen LogP contribution in [0.4, 0.5) is 11.4 Å². The highest BCUT2D eigenvalue weighted by Crippen LogP contribution is 2.23. The molecule has 1 heterocycles. The van der Waals surface area contributed by atoms with E-state index in [4.69, 9.17) is 10.8 Å². The van der Waals surface area contributed by atoms with Crippen molar-refractivity contribution in [2.24, 2.45) is 5.92 Å². The molecule has 1 saturated heterocycles. The topological polar surface area (TPSA) is 49.5 Å². The molecule has 1 aromatic rings. The first-order valence-corrected chi connectivity index (χ1v) is 5.01. The smallest absolute Gasteiger partial charge is 0.0476 e. The molecule has 3 N–H and O–H groups in total. The number of hydrogen-bond donors (Lipinski definition) is 2. The molecule has 0 saturated carbocycles. The van der Waals surface area contributed by atoms with Crippen molar-refractivity contribution in [2.45, 2.75) is 6.42 Å². The van der Waals surface area contributed by atoms with Crippen molar-refractivity contribution >= 4 is 11.4 Å². The molecule has 3 nitrogen and oxygen atoms in total. The predicted molar refractivity (Wildman–Crippen MR) is 58.3 cm³/mol. The zero-order valence-electron chi connectivity index (χ0n) is 8.19. The van der Waals surface area contributed by atoms with Crippen molar-refractivity contribution in [3.05, 3.63) is 24.3 Å².